The van der Waals surface area contributed by atoms with Crippen LogP contribution in [-0.2, 0) is 16.1 Å². The highest BCUT2D eigenvalue weighted by molar-refractivity contribution is 6.00. The molecule has 196 valence electrons. The second-order valence-electron chi connectivity index (χ2n) is 8.62. The normalized spacial score (nSPS) is 12.3. The summed E-state index contributed by atoms with van der Waals surface area (Å²) in [5.74, 6) is -1.39. The van der Waals surface area contributed by atoms with Crippen LogP contribution in [0.4, 0.5) is 10.6 Å². The summed E-state index contributed by atoms with van der Waals surface area (Å²) in [6, 6.07) is 19.3. The molecule has 1 atom stereocenters. The molecule has 0 aliphatic heterocycles. The maximum atomic E-state index is 13.1. The molecule has 2 heterocycles. The Bertz CT molecular complexity index is 1380. The van der Waals surface area contributed by atoms with Crippen molar-refractivity contribution in [2.24, 2.45) is 0 Å². The van der Waals surface area contributed by atoms with Gasteiger partial charge in [-0.2, -0.15) is 5.10 Å². The number of amides is 2. The van der Waals surface area contributed by atoms with Crippen molar-refractivity contribution in [3.05, 3.63) is 90.3 Å². The first-order valence-corrected chi connectivity index (χ1v) is 12.1. The van der Waals surface area contributed by atoms with E-state index in [2.05, 4.69) is 31.1 Å². The van der Waals surface area contributed by atoms with Gasteiger partial charge in [-0.15, -0.1) is 0 Å². The molecular formula is C27H28N6O5. The van der Waals surface area contributed by atoms with Crippen molar-refractivity contribution in [1.29, 1.82) is 0 Å². The summed E-state index contributed by atoms with van der Waals surface area (Å²) in [7, 11) is 0. The van der Waals surface area contributed by atoms with Gasteiger partial charge in [-0.3, -0.25) is 15.2 Å². The molecular weight excluding hydrogens is 488 g/mol. The van der Waals surface area contributed by atoms with E-state index < -0.39 is 23.6 Å². The number of H-pyrrole nitrogens is 1. The first kappa shape index (κ1) is 26.1. The third-order valence-electron chi connectivity index (χ3n) is 5.87. The zero-order valence-electron chi connectivity index (χ0n) is 20.5. The Balaban J connectivity index is 1.46. The Hall–Kier alpha value is -4.93. The number of carbonyl (C=O) groups is 3. The monoisotopic (exact) mass is 516 g/mol. The van der Waals surface area contributed by atoms with E-state index in [1.165, 1.54) is 0 Å². The van der Waals surface area contributed by atoms with Crippen molar-refractivity contribution in [3.8, 4) is 0 Å². The van der Waals surface area contributed by atoms with Gasteiger partial charge in [0.1, 0.15) is 12.4 Å². The van der Waals surface area contributed by atoms with Crippen LogP contribution in [0.2, 0.25) is 0 Å². The van der Waals surface area contributed by atoms with Crippen LogP contribution in [-0.4, -0.2) is 50.5 Å². The molecule has 2 aromatic carbocycles. The molecule has 0 bridgehead atoms. The predicted molar refractivity (Wildman–Crippen MR) is 140 cm³/mol. The summed E-state index contributed by atoms with van der Waals surface area (Å²) in [5.41, 5.74) is -0.530. The zero-order chi connectivity index (χ0) is 26.8. The third-order valence-corrected chi connectivity index (χ3v) is 5.87. The molecule has 0 saturated heterocycles. The standard InChI is InChI=1S/C27H28N6O5/c34-24(20-11-12-21-17-30-33-22(21)16-20)31-27(25(35)36,13-5-7-15-29-23-10-4-6-14-28-23)32-26(37)38-18-19-8-2-1-3-9-19/h1-4,6,8-12,14,16-17H,5,7,13,15,18H2,(H,28,29)(H,30,33)(H,31,34)(H,32,37)(H,35,36). The highest BCUT2D eigenvalue weighted by Gasteiger charge is 2.42. The number of carboxylic acid groups (broad SMARTS) is 1. The molecule has 11 nitrogen and oxygen atoms in total. The Morgan fingerprint density at radius 1 is 0.974 bits per heavy atom. The first-order valence-electron chi connectivity index (χ1n) is 12.1. The number of aliphatic carboxylic acids is 1. The Kier molecular flexibility index (Phi) is 8.50. The van der Waals surface area contributed by atoms with Gasteiger partial charge in [-0.05, 0) is 42.7 Å². The summed E-state index contributed by atoms with van der Waals surface area (Å²) in [4.78, 5) is 42.5. The van der Waals surface area contributed by atoms with Crippen LogP contribution < -0.4 is 16.0 Å². The van der Waals surface area contributed by atoms with Crippen LogP contribution in [0.5, 0.6) is 0 Å². The van der Waals surface area contributed by atoms with Crippen molar-refractivity contribution < 1.29 is 24.2 Å². The molecule has 4 aromatic rings. The number of ether oxygens (including phenoxy) is 1. The number of alkyl carbamates (subject to hydrolysis) is 1. The third kappa shape index (κ3) is 6.84. The molecule has 0 aliphatic carbocycles. The number of aromatic amines is 1. The molecule has 0 radical (unpaired) electrons. The van der Waals surface area contributed by atoms with Crippen molar-refractivity contribution >= 4 is 34.7 Å². The average molecular weight is 517 g/mol. The summed E-state index contributed by atoms with van der Waals surface area (Å²) >= 11 is 0. The summed E-state index contributed by atoms with van der Waals surface area (Å²) in [6.07, 6.45) is 3.16. The zero-order valence-corrected chi connectivity index (χ0v) is 20.5. The molecule has 5 N–H and O–H groups in total. The number of benzene rings is 2. The van der Waals surface area contributed by atoms with Gasteiger partial charge in [0, 0.05) is 30.1 Å². The minimum absolute atomic E-state index is 0.0548. The van der Waals surface area contributed by atoms with Gasteiger partial charge in [0.25, 0.3) is 5.91 Å². The molecule has 11 heteroatoms. The topological polar surface area (TPSA) is 158 Å². The number of hydrogen-bond acceptors (Lipinski definition) is 7. The number of rotatable bonds is 12. The molecule has 0 aliphatic rings. The molecule has 2 amide bonds. The van der Waals surface area contributed by atoms with Crippen LogP contribution in [0.1, 0.15) is 35.2 Å². The molecule has 0 spiro atoms. The fourth-order valence-corrected chi connectivity index (χ4v) is 3.85. The molecule has 2 aromatic heterocycles. The highest BCUT2D eigenvalue weighted by atomic mass is 16.5. The van der Waals surface area contributed by atoms with Crippen LogP contribution in [0.15, 0.2) is 79.1 Å². The molecule has 0 saturated carbocycles. The first-order chi connectivity index (χ1) is 18.4. The van der Waals surface area contributed by atoms with Gasteiger partial charge in [0.05, 0.1) is 11.7 Å². The van der Waals surface area contributed by atoms with Crippen molar-refractivity contribution in [3.63, 3.8) is 0 Å². The Morgan fingerprint density at radius 2 is 1.79 bits per heavy atom. The van der Waals surface area contributed by atoms with E-state index in [1.807, 2.05) is 24.3 Å². The number of carbonyl (C=O) groups excluding carboxylic acids is 2. The fraction of sp³-hybridized carbons (Fsp3) is 0.222. The average Bonchev–Trinajstić information content (AvgIpc) is 3.41. The summed E-state index contributed by atoms with van der Waals surface area (Å²) in [5, 5.41) is 25.8. The molecule has 38 heavy (non-hydrogen) atoms. The minimum atomic E-state index is -2.10. The lowest BCUT2D eigenvalue weighted by Gasteiger charge is -2.31. The van der Waals surface area contributed by atoms with E-state index in [9.17, 15) is 19.5 Å². The van der Waals surface area contributed by atoms with E-state index in [4.69, 9.17) is 4.74 Å². The second-order valence-corrected chi connectivity index (χ2v) is 8.62. The largest absolute Gasteiger partial charge is 0.478 e. The molecule has 4 rings (SSSR count). The fourth-order valence-electron chi connectivity index (χ4n) is 3.85. The van der Waals surface area contributed by atoms with Crippen molar-refractivity contribution in [2.75, 3.05) is 11.9 Å². The Morgan fingerprint density at radius 3 is 2.55 bits per heavy atom. The van der Waals surface area contributed by atoms with Gasteiger partial charge in [0.2, 0.25) is 5.66 Å². The van der Waals surface area contributed by atoms with Crippen LogP contribution in [0.3, 0.4) is 0 Å². The number of aromatic nitrogens is 3. The highest BCUT2D eigenvalue weighted by Crippen LogP contribution is 2.18. The number of nitrogens with zero attached hydrogens (tertiary/aromatic N) is 2. The molecule has 1 unspecified atom stereocenters. The van der Waals surface area contributed by atoms with E-state index in [0.717, 1.165) is 10.9 Å². The van der Waals surface area contributed by atoms with Gasteiger partial charge in [-0.1, -0.05) is 42.5 Å². The van der Waals surface area contributed by atoms with Crippen LogP contribution in [0.25, 0.3) is 10.9 Å². The number of unbranched alkanes of at least 4 members (excludes halogenated alkanes) is 1. The van der Waals surface area contributed by atoms with E-state index in [1.54, 1.807) is 54.9 Å². The number of fused-ring (bicyclic) bond motifs is 1. The SMILES string of the molecule is O=C(NC(CCCCNc1ccccn1)(NC(=O)c1ccc2cn[nH]c2c1)C(=O)O)OCc1ccccc1. The Labute approximate surface area is 218 Å². The number of hydrogen-bond donors (Lipinski definition) is 5. The summed E-state index contributed by atoms with van der Waals surface area (Å²) < 4.78 is 5.26. The number of pyridine rings is 1. The van der Waals surface area contributed by atoms with E-state index in [0.29, 0.717) is 30.7 Å². The van der Waals surface area contributed by atoms with E-state index in [-0.39, 0.29) is 18.6 Å². The smallest absolute Gasteiger partial charge is 0.409 e. The second kappa shape index (κ2) is 12.3. The lowest BCUT2D eigenvalue weighted by atomic mass is 10.0. The quantitative estimate of drug-likeness (QED) is 0.141. The number of carboxylic acids is 1. The summed E-state index contributed by atoms with van der Waals surface area (Å²) in [6.45, 7) is 0.469. The van der Waals surface area contributed by atoms with Crippen molar-refractivity contribution in [1.82, 2.24) is 25.8 Å². The van der Waals surface area contributed by atoms with Crippen LogP contribution in [0, 0.1) is 0 Å². The maximum absolute atomic E-state index is 13.1. The number of nitrogens with one attached hydrogen (secondary N) is 4. The predicted octanol–water partition coefficient (Wildman–Crippen LogP) is 3.68. The maximum Gasteiger partial charge on any atom is 0.409 e. The van der Waals surface area contributed by atoms with Crippen molar-refractivity contribution in [2.45, 2.75) is 31.5 Å². The van der Waals surface area contributed by atoms with E-state index >= 15 is 0 Å². The van der Waals surface area contributed by atoms with Gasteiger partial charge >= 0.3 is 12.1 Å². The molecule has 0 fully saturated rings. The minimum Gasteiger partial charge on any atom is -0.478 e. The lowest BCUT2D eigenvalue weighted by molar-refractivity contribution is -0.146. The van der Waals surface area contributed by atoms with Gasteiger partial charge < -0.3 is 20.5 Å². The van der Waals surface area contributed by atoms with Gasteiger partial charge in [-0.25, -0.2) is 14.6 Å². The van der Waals surface area contributed by atoms with Crippen LogP contribution >= 0.6 is 0 Å². The number of anilines is 1. The van der Waals surface area contributed by atoms with Gasteiger partial charge in [0.15, 0.2) is 0 Å². The lowest BCUT2D eigenvalue weighted by Crippen LogP contribution is -2.65.